The van der Waals surface area contributed by atoms with Gasteiger partial charge in [0, 0.05) is 24.2 Å². The molecule has 0 saturated carbocycles. The second-order valence-electron chi connectivity index (χ2n) is 6.26. The third-order valence-corrected chi connectivity index (χ3v) is 4.66. The van der Waals surface area contributed by atoms with Gasteiger partial charge in [-0.3, -0.25) is 0 Å². The summed E-state index contributed by atoms with van der Waals surface area (Å²) in [5.74, 6) is 2.62. The van der Waals surface area contributed by atoms with Gasteiger partial charge in [-0.15, -0.1) is 5.10 Å². The number of piperidine rings is 1. The molecule has 1 aromatic carbocycles. The summed E-state index contributed by atoms with van der Waals surface area (Å²) in [4.78, 5) is 6.87. The number of nitrogens with one attached hydrogen (secondary N) is 1. The van der Waals surface area contributed by atoms with E-state index in [4.69, 9.17) is 16.3 Å². The molecule has 1 fully saturated rings. The van der Waals surface area contributed by atoms with Crippen molar-refractivity contribution in [1.29, 1.82) is 0 Å². The second-order valence-corrected chi connectivity index (χ2v) is 6.67. The maximum absolute atomic E-state index is 6.15. The molecule has 0 radical (unpaired) electrons. The Morgan fingerprint density at radius 1 is 1.38 bits per heavy atom. The van der Waals surface area contributed by atoms with Gasteiger partial charge in [0.05, 0.1) is 19.0 Å². The average molecular weight is 348 g/mol. The third kappa shape index (κ3) is 3.70. The molecular formula is C17H22ClN5O. The fraction of sp³-hybridized carbons (Fsp3) is 0.471. The Labute approximate surface area is 147 Å². The summed E-state index contributed by atoms with van der Waals surface area (Å²) in [7, 11) is 1.61. The smallest absolute Gasteiger partial charge is 0.249 e. The number of ether oxygens (including phenoxy) is 1. The van der Waals surface area contributed by atoms with Gasteiger partial charge < -0.3 is 15.0 Å². The molecule has 2 heterocycles. The fourth-order valence-electron chi connectivity index (χ4n) is 2.95. The van der Waals surface area contributed by atoms with Crippen LogP contribution in [0.15, 0.2) is 18.3 Å². The zero-order valence-electron chi connectivity index (χ0n) is 14.2. The van der Waals surface area contributed by atoms with Crippen molar-refractivity contribution in [2.75, 3.05) is 30.4 Å². The van der Waals surface area contributed by atoms with Crippen molar-refractivity contribution in [3.8, 4) is 5.75 Å². The summed E-state index contributed by atoms with van der Waals surface area (Å²) in [6, 6.07) is 3.70. The van der Waals surface area contributed by atoms with Gasteiger partial charge in [0.1, 0.15) is 5.75 Å². The Balaban J connectivity index is 1.83. The quantitative estimate of drug-likeness (QED) is 0.907. The van der Waals surface area contributed by atoms with Crippen molar-refractivity contribution in [3.63, 3.8) is 0 Å². The van der Waals surface area contributed by atoms with Crippen LogP contribution in [0.1, 0.15) is 25.3 Å². The van der Waals surface area contributed by atoms with Crippen LogP contribution in [0.5, 0.6) is 5.75 Å². The second kappa shape index (κ2) is 7.21. The lowest BCUT2D eigenvalue weighted by atomic mass is 10.0. The molecule has 1 atom stereocenters. The molecule has 0 bridgehead atoms. The van der Waals surface area contributed by atoms with Crippen molar-refractivity contribution >= 4 is 29.1 Å². The first kappa shape index (κ1) is 16.8. The lowest BCUT2D eigenvalue weighted by Gasteiger charge is -2.31. The molecule has 0 aliphatic carbocycles. The van der Waals surface area contributed by atoms with Crippen LogP contribution in [0.2, 0.25) is 5.02 Å². The van der Waals surface area contributed by atoms with Crippen LogP contribution in [-0.2, 0) is 0 Å². The van der Waals surface area contributed by atoms with Crippen LogP contribution in [0, 0.1) is 12.8 Å². The van der Waals surface area contributed by atoms with E-state index >= 15 is 0 Å². The Kier molecular flexibility index (Phi) is 5.04. The molecule has 0 amide bonds. The highest BCUT2D eigenvalue weighted by Crippen LogP contribution is 2.32. The number of hydrogen-bond acceptors (Lipinski definition) is 6. The SMILES string of the molecule is COc1cc(Cl)c(C)cc1Nc1nncc(N2CCCC(C)C2)n1. The van der Waals surface area contributed by atoms with Crippen LogP contribution in [0.4, 0.5) is 17.5 Å². The molecule has 24 heavy (non-hydrogen) atoms. The van der Waals surface area contributed by atoms with E-state index in [0.29, 0.717) is 22.6 Å². The van der Waals surface area contributed by atoms with Gasteiger partial charge in [-0.2, -0.15) is 10.1 Å². The summed E-state index contributed by atoms with van der Waals surface area (Å²) in [5, 5.41) is 12.0. The zero-order chi connectivity index (χ0) is 17.1. The highest BCUT2D eigenvalue weighted by molar-refractivity contribution is 6.31. The van der Waals surface area contributed by atoms with Gasteiger partial charge in [0.2, 0.25) is 5.95 Å². The first-order valence-corrected chi connectivity index (χ1v) is 8.50. The number of aryl methyl sites for hydroxylation is 1. The standard InChI is InChI=1S/C17H22ClN5O/c1-11-5-4-6-23(10-11)16-9-19-22-17(21-16)20-14-7-12(2)13(18)8-15(14)24-3/h7-9,11H,4-6,10H2,1-3H3,(H,20,21,22). The highest BCUT2D eigenvalue weighted by Gasteiger charge is 2.18. The maximum atomic E-state index is 6.15. The topological polar surface area (TPSA) is 63.2 Å². The minimum atomic E-state index is 0.450. The molecule has 1 aromatic heterocycles. The van der Waals surface area contributed by atoms with E-state index in [1.54, 1.807) is 19.4 Å². The van der Waals surface area contributed by atoms with Gasteiger partial charge in [0.25, 0.3) is 0 Å². The fourth-order valence-corrected chi connectivity index (χ4v) is 3.10. The number of aromatic nitrogens is 3. The number of hydrogen-bond donors (Lipinski definition) is 1. The average Bonchev–Trinajstić information content (AvgIpc) is 2.58. The largest absolute Gasteiger partial charge is 0.495 e. The molecule has 2 aromatic rings. The number of nitrogens with zero attached hydrogens (tertiary/aromatic N) is 4. The lowest BCUT2D eigenvalue weighted by Crippen LogP contribution is -2.35. The molecule has 1 aliphatic heterocycles. The van der Waals surface area contributed by atoms with E-state index in [0.717, 1.165) is 30.2 Å². The molecule has 1 unspecified atom stereocenters. The number of halogens is 1. The molecule has 6 nitrogen and oxygen atoms in total. The molecule has 1 N–H and O–H groups in total. The van der Waals surface area contributed by atoms with Gasteiger partial charge in [-0.25, -0.2) is 0 Å². The normalized spacial score (nSPS) is 17.7. The van der Waals surface area contributed by atoms with Crippen molar-refractivity contribution < 1.29 is 4.74 Å². The first-order valence-electron chi connectivity index (χ1n) is 8.12. The van der Waals surface area contributed by atoms with E-state index in [9.17, 15) is 0 Å². The molecule has 0 spiro atoms. The Morgan fingerprint density at radius 3 is 2.96 bits per heavy atom. The van der Waals surface area contributed by atoms with Crippen LogP contribution in [0.3, 0.4) is 0 Å². The van der Waals surface area contributed by atoms with Crippen LogP contribution >= 0.6 is 11.6 Å². The number of anilines is 3. The highest BCUT2D eigenvalue weighted by atomic mass is 35.5. The van der Waals surface area contributed by atoms with Crippen LogP contribution in [-0.4, -0.2) is 35.4 Å². The minimum Gasteiger partial charge on any atom is -0.495 e. The number of methoxy groups -OCH3 is 1. The molecule has 1 saturated heterocycles. The zero-order valence-corrected chi connectivity index (χ0v) is 15.0. The number of rotatable bonds is 4. The Morgan fingerprint density at radius 2 is 2.21 bits per heavy atom. The van der Waals surface area contributed by atoms with Crippen molar-refractivity contribution in [3.05, 3.63) is 28.9 Å². The molecule has 7 heteroatoms. The van der Waals surface area contributed by atoms with Crippen molar-refractivity contribution in [2.45, 2.75) is 26.7 Å². The summed E-state index contributed by atoms with van der Waals surface area (Å²) >= 11 is 6.15. The maximum Gasteiger partial charge on any atom is 0.249 e. The van der Waals surface area contributed by atoms with Gasteiger partial charge in [-0.1, -0.05) is 18.5 Å². The lowest BCUT2D eigenvalue weighted by molar-refractivity contribution is 0.416. The third-order valence-electron chi connectivity index (χ3n) is 4.25. The van der Waals surface area contributed by atoms with Crippen molar-refractivity contribution in [2.24, 2.45) is 5.92 Å². The predicted octanol–water partition coefficient (Wildman–Crippen LogP) is 3.82. The predicted molar refractivity (Wildman–Crippen MR) is 96.5 cm³/mol. The molecule has 3 rings (SSSR count). The Bertz CT molecular complexity index is 724. The Hall–Kier alpha value is -2.08. The summed E-state index contributed by atoms with van der Waals surface area (Å²) in [5.41, 5.74) is 1.72. The van der Waals surface area contributed by atoms with E-state index < -0.39 is 0 Å². The van der Waals surface area contributed by atoms with E-state index in [1.807, 2.05) is 13.0 Å². The minimum absolute atomic E-state index is 0.450. The molecule has 128 valence electrons. The van der Waals surface area contributed by atoms with Crippen LogP contribution < -0.4 is 15.0 Å². The van der Waals surface area contributed by atoms with E-state index in [-0.39, 0.29) is 0 Å². The van der Waals surface area contributed by atoms with Gasteiger partial charge in [0.15, 0.2) is 5.82 Å². The first-order chi connectivity index (χ1) is 11.6. The summed E-state index contributed by atoms with van der Waals surface area (Å²) in [6.45, 7) is 6.21. The van der Waals surface area contributed by atoms with Crippen molar-refractivity contribution in [1.82, 2.24) is 15.2 Å². The summed E-state index contributed by atoms with van der Waals surface area (Å²) in [6.07, 6.45) is 4.16. The van der Waals surface area contributed by atoms with E-state index in [2.05, 4.69) is 32.3 Å². The number of benzene rings is 1. The molecular weight excluding hydrogens is 326 g/mol. The van der Waals surface area contributed by atoms with Gasteiger partial charge >= 0.3 is 0 Å². The van der Waals surface area contributed by atoms with Gasteiger partial charge in [-0.05, 0) is 37.3 Å². The van der Waals surface area contributed by atoms with E-state index in [1.165, 1.54) is 12.8 Å². The van der Waals surface area contributed by atoms with Crippen LogP contribution in [0.25, 0.3) is 0 Å². The molecule has 1 aliphatic rings. The summed E-state index contributed by atoms with van der Waals surface area (Å²) < 4.78 is 5.38. The monoisotopic (exact) mass is 347 g/mol.